The molecule has 3 N–H and O–H groups in total. The van der Waals surface area contributed by atoms with Gasteiger partial charge in [-0.1, -0.05) is 11.6 Å². The summed E-state index contributed by atoms with van der Waals surface area (Å²) in [5.74, 6) is -1.01. The number of carbonyl (C=O) groups excluding carboxylic acids is 1. The second kappa shape index (κ2) is 10.9. The Morgan fingerprint density at radius 1 is 1.45 bits per heavy atom. The van der Waals surface area contributed by atoms with E-state index in [-0.39, 0.29) is 48.2 Å². The van der Waals surface area contributed by atoms with Crippen LogP contribution in [0, 0.1) is 5.82 Å². The zero-order valence-electron chi connectivity index (χ0n) is 16.1. The number of aliphatic hydroxyl groups excluding tert-OH is 2. The molecule has 5 atom stereocenters. The topological polar surface area (TPSA) is 91.3 Å². The first-order chi connectivity index (χ1) is 13.5. The number of rotatable bonds is 7. The van der Waals surface area contributed by atoms with Crippen molar-refractivity contribution < 1.29 is 28.9 Å². The fraction of sp³-hybridized carbons (Fsp3) is 0.632. The number of amides is 1. The molecule has 0 unspecified atom stereocenters. The Balaban J connectivity index is 0.00000300. The highest BCUT2D eigenvalue weighted by Crippen LogP contribution is 2.31. The summed E-state index contributed by atoms with van der Waals surface area (Å²) in [5.41, 5.74) is 0.235. The van der Waals surface area contributed by atoms with E-state index in [1.54, 1.807) is 7.11 Å². The number of ether oxygens (including phenoxy) is 2. The molecule has 0 bridgehead atoms. The minimum absolute atomic E-state index is 0. The molecule has 0 saturated carbocycles. The quantitative estimate of drug-likeness (QED) is 0.576. The number of nitrogens with zero attached hydrogens (tertiary/aromatic N) is 1. The summed E-state index contributed by atoms with van der Waals surface area (Å²) in [7, 11) is 1.64. The number of hydrogen-bond donors (Lipinski definition) is 3. The van der Waals surface area contributed by atoms with E-state index >= 15 is 0 Å². The molecule has 1 aromatic rings. The predicted molar refractivity (Wildman–Crippen MR) is 108 cm³/mol. The minimum Gasteiger partial charge on any atom is -0.394 e. The van der Waals surface area contributed by atoms with E-state index in [4.69, 9.17) is 21.1 Å². The summed E-state index contributed by atoms with van der Waals surface area (Å²) >= 11 is 5.74. The maximum absolute atomic E-state index is 13.3. The highest BCUT2D eigenvalue weighted by molar-refractivity contribution is 6.31. The lowest BCUT2D eigenvalue weighted by molar-refractivity contribution is -0.0209. The van der Waals surface area contributed by atoms with Gasteiger partial charge in [0.1, 0.15) is 18.0 Å². The number of carbonyl (C=O) groups is 1. The largest absolute Gasteiger partial charge is 0.394 e. The number of hydrogen-bond acceptors (Lipinski definition) is 6. The van der Waals surface area contributed by atoms with E-state index < -0.39 is 30.0 Å². The van der Waals surface area contributed by atoms with Crippen molar-refractivity contribution in [1.82, 2.24) is 10.2 Å². The van der Waals surface area contributed by atoms with E-state index in [2.05, 4.69) is 10.2 Å². The summed E-state index contributed by atoms with van der Waals surface area (Å²) in [5, 5.41) is 22.8. The maximum atomic E-state index is 13.3. The van der Waals surface area contributed by atoms with E-state index in [0.717, 1.165) is 25.5 Å². The van der Waals surface area contributed by atoms with Gasteiger partial charge >= 0.3 is 0 Å². The highest BCUT2D eigenvalue weighted by atomic mass is 35.5. The summed E-state index contributed by atoms with van der Waals surface area (Å²) in [6, 6.07) is 3.54. The number of methoxy groups -OCH3 is 1. The van der Waals surface area contributed by atoms with E-state index in [1.165, 1.54) is 12.1 Å². The Bertz CT molecular complexity index is 699. The molecule has 2 fully saturated rings. The second-order valence-corrected chi connectivity index (χ2v) is 7.61. The Kier molecular flexibility index (Phi) is 9.09. The van der Waals surface area contributed by atoms with Crippen LogP contribution in [0.3, 0.4) is 0 Å². The van der Waals surface area contributed by atoms with Crippen LogP contribution in [-0.4, -0.2) is 84.8 Å². The Morgan fingerprint density at radius 2 is 2.21 bits per heavy atom. The smallest absolute Gasteiger partial charge is 0.251 e. The zero-order valence-corrected chi connectivity index (χ0v) is 17.7. The van der Waals surface area contributed by atoms with Gasteiger partial charge in [0.05, 0.1) is 30.4 Å². The van der Waals surface area contributed by atoms with Gasteiger partial charge in [-0.05, 0) is 37.6 Å². The van der Waals surface area contributed by atoms with Gasteiger partial charge in [-0.15, -0.1) is 12.4 Å². The highest BCUT2D eigenvalue weighted by Gasteiger charge is 2.48. The molecule has 164 valence electrons. The van der Waals surface area contributed by atoms with Gasteiger partial charge in [-0.2, -0.15) is 0 Å². The molecule has 10 heteroatoms. The van der Waals surface area contributed by atoms with Gasteiger partial charge in [0, 0.05) is 25.3 Å². The first-order valence-corrected chi connectivity index (χ1v) is 9.76. The number of likely N-dealkylation sites (tertiary alicyclic amines) is 1. The normalized spacial score (nSPS) is 29.6. The molecule has 1 aromatic carbocycles. The van der Waals surface area contributed by atoms with Crippen molar-refractivity contribution in [1.29, 1.82) is 0 Å². The third kappa shape index (κ3) is 5.38. The molecule has 2 heterocycles. The maximum Gasteiger partial charge on any atom is 0.251 e. The number of halogens is 3. The van der Waals surface area contributed by atoms with Crippen LogP contribution in [-0.2, 0) is 9.47 Å². The van der Waals surface area contributed by atoms with Gasteiger partial charge in [0.2, 0.25) is 0 Å². The van der Waals surface area contributed by atoms with Crippen LogP contribution in [0.2, 0.25) is 5.02 Å². The van der Waals surface area contributed by atoms with Crippen molar-refractivity contribution in [3.8, 4) is 0 Å². The average Bonchev–Trinajstić information content (AvgIpc) is 3.25. The van der Waals surface area contributed by atoms with Gasteiger partial charge in [0.15, 0.2) is 0 Å². The van der Waals surface area contributed by atoms with Crippen molar-refractivity contribution in [3.63, 3.8) is 0 Å². The average molecular weight is 453 g/mol. The SMILES string of the molecule is COC[C@H]1CCCN1[C@@H]1[C@H](O)[C@H](CO)O[C@@H]1CNC(=O)c1ccc(F)c(Cl)c1.Cl. The van der Waals surface area contributed by atoms with Crippen LogP contribution in [0.4, 0.5) is 4.39 Å². The molecule has 7 nitrogen and oxygen atoms in total. The molecule has 3 rings (SSSR count). The lowest BCUT2D eigenvalue weighted by atomic mass is 10.0. The molecular formula is C19H27Cl2FN2O5. The van der Waals surface area contributed by atoms with Crippen LogP contribution < -0.4 is 5.32 Å². The molecule has 29 heavy (non-hydrogen) atoms. The number of benzene rings is 1. The third-order valence-electron chi connectivity index (χ3n) is 5.45. The van der Waals surface area contributed by atoms with Crippen molar-refractivity contribution in [2.75, 3.05) is 33.4 Å². The van der Waals surface area contributed by atoms with Crippen molar-refractivity contribution >= 4 is 29.9 Å². The molecule has 0 radical (unpaired) electrons. The van der Waals surface area contributed by atoms with Crippen LogP contribution in [0.25, 0.3) is 0 Å². The molecule has 0 aromatic heterocycles. The van der Waals surface area contributed by atoms with Crippen LogP contribution >= 0.6 is 24.0 Å². The van der Waals surface area contributed by atoms with Gasteiger partial charge in [-0.3, -0.25) is 9.69 Å². The zero-order chi connectivity index (χ0) is 20.3. The predicted octanol–water partition coefficient (Wildman–Crippen LogP) is 1.23. The Morgan fingerprint density at radius 3 is 2.86 bits per heavy atom. The van der Waals surface area contributed by atoms with Gasteiger partial charge < -0.3 is 25.0 Å². The summed E-state index contributed by atoms with van der Waals surface area (Å²) in [4.78, 5) is 14.5. The summed E-state index contributed by atoms with van der Waals surface area (Å²) in [6.07, 6.45) is -0.146. The molecular weight excluding hydrogens is 426 g/mol. The standard InChI is InChI=1S/C19H26ClFN2O5.ClH/c1-27-10-12-3-2-6-23(12)17-15(28-16(9-24)18(17)25)8-22-19(26)11-4-5-14(21)13(20)7-11;/h4-5,7,12,15-18,24-25H,2-3,6,8-10H2,1H3,(H,22,26);1H/t12-,15-,16+,17+,18-;/m1./s1. The first kappa shape index (κ1) is 24.3. The first-order valence-electron chi connectivity index (χ1n) is 9.38. The molecule has 2 saturated heterocycles. The van der Waals surface area contributed by atoms with Crippen LogP contribution in [0.1, 0.15) is 23.2 Å². The van der Waals surface area contributed by atoms with Crippen LogP contribution in [0.5, 0.6) is 0 Å². The molecule has 1 amide bonds. The monoisotopic (exact) mass is 452 g/mol. The summed E-state index contributed by atoms with van der Waals surface area (Å²) < 4.78 is 24.4. The third-order valence-corrected chi connectivity index (χ3v) is 5.74. The fourth-order valence-electron chi connectivity index (χ4n) is 4.11. The minimum atomic E-state index is -0.871. The summed E-state index contributed by atoms with van der Waals surface area (Å²) in [6.45, 7) is 1.16. The fourth-order valence-corrected chi connectivity index (χ4v) is 4.29. The van der Waals surface area contributed by atoms with Crippen molar-refractivity contribution in [2.24, 2.45) is 0 Å². The second-order valence-electron chi connectivity index (χ2n) is 7.20. The van der Waals surface area contributed by atoms with Gasteiger partial charge in [-0.25, -0.2) is 4.39 Å². The van der Waals surface area contributed by atoms with E-state index in [0.29, 0.717) is 6.61 Å². The molecule has 0 aliphatic carbocycles. The lowest BCUT2D eigenvalue weighted by Crippen LogP contribution is -2.53. The Hall–Kier alpha value is -1.00. The molecule has 0 spiro atoms. The van der Waals surface area contributed by atoms with Crippen molar-refractivity contribution in [2.45, 2.75) is 43.2 Å². The lowest BCUT2D eigenvalue weighted by Gasteiger charge is -2.34. The molecule has 2 aliphatic rings. The van der Waals surface area contributed by atoms with Gasteiger partial charge in [0.25, 0.3) is 5.91 Å². The van der Waals surface area contributed by atoms with Crippen LogP contribution in [0.15, 0.2) is 18.2 Å². The number of nitrogens with one attached hydrogen (secondary N) is 1. The van der Waals surface area contributed by atoms with E-state index in [1.807, 2.05) is 0 Å². The molecule has 2 aliphatic heterocycles. The Labute approximate surface area is 180 Å². The van der Waals surface area contributed by atoms with Crippen molar-refractivity contribution in [3.05, 3.63) is 34.6 Å². The number of aliphatic hydroxyl groups is 2. The van der Waals surface area contributed by atoms with E-state index in [9.17, 15) is 19.4 Å².